The summed E-state index contributed by atoms with van der Waals surface area (Å²) in [5.74, 6) is 1.86. The maximum absolute atomic E-state index is 5.02. The largest absolute Gasteiger partial charge is 0.278 e. The smallest absolute Gasteiger partial charge is 0.238 e. The predicted molar refractivity (Wildman–Crippen MR) is 154 cm³/mol. The molecule has 0 radical (unpaired) electrons. The van der Waals surface area contributed by atoms with Crippen LogP contribution >= 0.6 is 11.3 Å². The quantitative estimate of drug-likeness (QED) is 0.249. The normalized spacial score (nSPS) is 11.7. The summed E-state index contributed by atoms with van der Waals surface area (Å²) in [5.41, 5.74) is 3.98. The summed E-state index contributed by atoms with van der Waals surface area (Å²) in [6.07, 6.45) is 3.51. The number of benzene rings is 4. The number of fused-ring (bicyclic) bond motifs is 7. The Morgan fingerprint density at radius 3 is 2.00 bits per heavy atom. The van der Waals surface area contributed by atoms with E-state index >= 15 is 0 Å². The average molecular weight is 507 g/mol. The summed E-state index contributed by atoms with van der Waals surface area (Å²) >= 11 is 1.70. The highest BCUT2D eigenvalue weighted by Crippen LogP contribution is 2.42. The van der Waals surface area contributed by atoms with Crippen LogP contribution in [0.5, 0.6) is 0 Å². The molecule has 4 aromatic carbocycles. The van der Waals surface area contributed by atoms with Crippen molar-refractivity contribution in [2.75, 3.05) is 0 Å². The third-order valence-electron chi connectivity index (χ3n) is 6.84. The van der Waals surface area contributed by atoms with Gasteiger partial charge in [0.05, 0.1) is 11.0 Å². The lowest BCUT2D eigenvalue weighted by atomic mass is 10.1. The molecule has 4 heterocycles. The van der Waals surface area contributed by atoms with Crippen molar-refractivity contribution in [1.29, 1.82) is 0 Å². The van der Waals surface area contributed by atoms with Crippen LogP contribution in [0, 0.1) is 0 Å². The summed E-state index contributed by atoms with van der Waals surface area (Å²) in [6, 6.07) is 32.9. The van der Waals surface area contributed by atoms with Gasteiger partial charge in [0.1, 0.15) is 11.2 Å². The maximum Gasteiger partial charge on any atom is 0.238 e. The van der Waals surface area contributed by atoms with Crippen molar-refractivity contribution in [3.05, 3.63) is 110 Å². The maximum atomic E-state index is 5.02. The Kier molecular flexibility index (Phi) is 4.59. The van der Waals surface area contributed by atoms with E-state index in [0.29, 0.717) is 17.6 Å². The molecule has 8 rings (SSSR count). The van der Waals surface area contributed by atoms with Gasteiger partial charge in [-0.1, -0.05) is 84.9 Å². The molecule has 0 aliphatic carbocycles. The van der Waals surface area contributed by atoms with Gasteiger partial charge >= 0.3 is 0 Å². The molecule has 0 spiro atoms. The molecule has 0 atom stereocenters. The average Bonchev–Trinajstić information content (AvgIpc) is 3.53. The molecule has 178 valence electrons. The Morgan fingerprint density at radius 2 is 1.26 bits per heavy atom. The highest BCUT2D eigenvalue weighted by atomic mass is 32.1. The van der Waals surface area contributed by atoms with Gasteiger partial charge in [0, 0.05) is 43.6 Å². The molecular formula is C31H18N6S. The fourth-order valence-corrected chi connectivity index (χ4v) is 6.31. The van der Waals surface area contributed by atoms with E-state index in [0.717, 1.165) is 43.1 Å². The number of aromatic nitrogens is 6. The van der Waals surface area contributed by atoms with Gasteiger partial charge in [0.25, 0.3) is 0 Å². The molecule has 0 unspecified atom stereocenters. The molecule has 0 saturated carbocycles. The third-order valence-corrected chi connectivity index (χ3v) is 7.99. The molecule has 0 fully saturated rings. The molecule has 0 N–H and O–H groups in total. The molecule has 6 nitrogen and oxygen atoms in total. The Hall–Kier alpha value is -5.01. The van der Waals surface area contributed by atoms with E-state index in [4.69, 9.17) is 15.0 Å². The Labute approximate surface area is 220 Å². The van der Waals surface area contributed by atoms with Crippen LogP contribution in [0.4, 0.5) is 0 Å². The number of nitrogens with zero attached hydrogens (tertiary/aromatic N) is 6. The van der Waals surface area contributed by atoms with Crippen molar-refractivity contribution in [3.63, 3.8) is 0 Å². The van der Waals surface area contributed by atoms with E-state index in [-0.39, 0.29) is 0 Å². The van der Waals surface area contributed by atoms with Crippen molar-refractivity contribution in [3.8, 4) is 28.7 Å². The Morgan fingerprint density at radius 1 is 0.579 bits per heavy atom. The van der Waals surface area contributed by atoms with Gasteiger partial charge in [-0.05, 0) is 12.1 Å². The van der Waals surface area contributed by atoms with Crippen molar-refractivity contribution in [2.45, 2.75) is 0 Å². The fourth-order valence-electron chi connectivity index (χ4n) is 5.14. The SMILES string of the molecule is c1ccc(-c2nc(-c3ccccc3)nc(-n3c4ccccc4c4c5sc6ncncc6c5ccc43)n2)cc1. The second kappa shape index (κ2) is 8.26. The molecule has 7 heteroatoms. The van der Waals surface area contributed by atoms with Crippen LogP contribution in [0.25, 0.3) is 70.8 Å². The molecular weight excluding hydrogens is 488 g/mol. The number of hydrogen-bond donors (Lipinski definition) is 0. The summed E-state index contributed by atoms with van der Waals surface area (Å²) < 4.78 is 3.34. The van der Waals surface area contributed by atoms with Crippen LogP contribution in [0.15, 0.2) is 110 Å². The summed E-state index contributed by atoms with van der Waals surface area (Å²) in [6.45, 7) is 0. The van der Waals surface area contributed by atoms with Crippen LogP contribution in [0.2, 0.25) is 0 Å². The lowest BCUT2D eigenvalue weighted by Crippen LogP contribution is -2.06. The van der Waals surface area contributed by atoms with Crippen LogP contribution in [0.3, 0.4) is 0 Å². The molecule has 0 saturated heterocycles. The Balaban J connectivity index is 1.49. The molecule has 0 aliphatic heterocycles. The number of para-hydroxylation sites is 1. The predicted octanol–water partition coefficient (Wildman–Crippen LogP) is 7.46. The third kappa shape index (κ3) is 3.16. The molecule has 0 amide bonds. The molecule has 0 aliphatic rings. The summed E-state index contributed by atoms with van der Waals surface area (Å²) in [5, 5.41) is 4.55. The van der Waals surface area contributed by atoms with E-state index in [1.54, 1.807) is 17.7 Å². The van der Waals surface area contributed by atoms with Crippen molar-refractivity contribution < 1.29 is 0 Å². The first kappa shape index (κ1) is 21.1. The zero-order valence-corrected chi connectivity index (χ0v) is 20.8. The van der Waals surface area contributed by atoms with E-state index in [1.807, 2.05) is 66.9 Å². The monoisotopic (exact) mass is 506 g/mol. The van der Waals surface area contributed by atoms with E-state index in [1.165, 1.54) is 10.1 Å². The van der Waals surface area contributed by atoms with Crippen LogP contribution < -0.4 is 0 Å². The van der Waals surface area contributed by atoms with Crippen LogP contribution in [-0.4, -0.2) is 29.5 Å². The minimum atomic E-state index is 0.587. The van der Waals surface area contributed by atoms with Crippen LogP contribution in [0.1, 0.15) is 0 Å². The van der Waals surface area contributed by atoms with E-state index in [2.05, 4.69) is 50.9 Å². The number of hydrogen-bond acceptors (Lipinski definition) is 6. The van der Waals surface area contributed by atoms with Gasteiger partial charge in [-0.2, -0.15) is 9.97 Å². The molecule has 0 bridgehead atoms. The van der Waals surface area contributed by atoms with Gasteiger partial charge in [-0.25, -0.2) is 15.0 Å². The first-order valence-electron chi connectivity index (χ1n) is 12.3. The Bertz CT molecular complexity index is 2070. The van der Waals surface area contributed by atoms with Gasteiger partial charge < -0.3 is 0 Å². The topological polar surface area (TPSA) is 69.4 Å². The second-order valence-electron chi connectivity index (χ2n) is 9.05. The van der Waals surface area contributed by atoms with Crippen molar-refractivity contribution in [2.24, 2.45) is 0 Å². The number of thiophene rings is 1. The summed E-state index contributed by atoms with van der Waals surface area (Å²) in [4.78, 5) is 24.7. The van der Waals surface area contributed by atoms with Gasteiger partial charge in [-0.3, -0.25) is 4.57 Å². The zero-order chi connectivity index (χ0) is 25.1. The highest BCUT2D eigenvalue weighted by Gasteiger charge is 2.20. The van der Waals surface area contributed by atoms with Gasteiger partial charge in [0.15, 0.2) is 11.6 Å². The van der Waals surface area contributed by atoms with Crippen molar-refractivity contribution >= 4 is 53.4 Å². The van der Waals surface area contributed by atoms with Crippen molar-refractivity contribution in [1.82, 2.24) is 29.5 Å². The molecule has 38 heavy (non-hydrogen) atoms. The van der Waals surface area contributed by atoms with E-state index in [9.17, 15) is 0 Å². The van der Waals surface area contributed by atoms with Gasteiger partial charge in [0.2, 0.25) is 5.95 Å². The second-order valence-corrected chi connectivity index (χ2v) is 10.0. The minimum Gasteiger partial charge on any atom is -0.278 e. The molecule has 4 aromatic heterocycles. The fraction of sp³-hybridized carbons (Fsp3) is 0. The molecule has 8 aromatic rings. The standard InChI is InChI=1S/C31H18N6S/c1-3-9-19(10-4-1)28-34-29(20-11-5-2-6-12-20)36-31(35-28)37-24-14-8-7-13-22(24)26-25(37)16-15-21-23-17-32-18-33-30(23)38-27(21)26/h1-18H. The van der Waals surface area contributed by atoms with E-state index < -0.39 is 0 Å². The summed E-state index contributed by atoms with van der Waals surface area (Å²) in [7, 11) is 0. The lowest BCUT2D eigenvalue weighted by Gasteiger charge is -2.10. The minimum absolute atomic E-state index is 0.587. The van der Waals surface area contributed by atoms with Crippen LogP contribution in [-0.2, 0) is 0 Å². The highest BCUT2D eigenvalue weighted by molar-refractivity contribution is 7.26. The first-order chi connectivity index (χ1) is 18.8. The van der Waals surface area contributed by atoms with Gasteiger partial charge in [-0.15, -0.1) is 11.3 Å². The zero-order valence-electron chi connectivity index (χ0n) is 20.0. The first-order valence-corrected chi connectivity index (χ1v) is 13.1. The number of rotatable bonds is 3. The lowest BCUT2D eigenvalue weighted by molar-refractivity contribution is 0.953.